The van der Waals surface area contributed by atoms with Gasteiger partial charge < -0.3 is 19.9 Å². The van der Waals surface area contributed by atoms with Crippen molar-refractivity contribution in [2.45, 2.75) is 25.2 Å². The van der Waals surface area contributed by atoms with Crippen molar-refractivity contribution in [1.29, 1.82) is 0 Å². The Bertz CT molecular complexity index is 1150. The second kappa shape index (κ2) is 9.11. The third-order valence-corrected chi connectivity index (χ3v) is 7.82. The van der Waals surface area contributed by atoms with Crippen LogP contribution in [0, 0.1) is 0 Å². The number of anilines is 2. The molecular weight excluding hydrogens is 436 g/mol. The highest BCUT2D eigenvalue weighted by molar-refractivity contribution is 7.22. The van der Waals surface area contributed by atoms with Gasteiger partial charge in [0.25, 0.3) is 0 Å². The normalized spacial score (nSPS) is 18.3. The first-order chi connectivity index (χ1) is 16.0. The SMILES string of the molecule is CC(=O)N1CCC(C(=O)Nc2ccc3nc(N4CCOCC4)sc3c2)(c2ccccc2)CC1. The van der Waals surface area contributed by atoms with E-state index in [0.717, 1.165) is 52.9 Å². The molecule has 2 aliphatic rings. The Labute approximate surface area is 197 Å². The average Bonchev–Trinajstić information content (AvgIpc) is 3.28. The summed E-state index contributed by atoms with van der Waals surface area (Å²) in [6.07, 6.45) is 1.21. The van der Waals surface area contributed by atoms with Crippen LogP contribution in [0.2, 0.25) is 0 Å². The van der Waals surface area contributed by atoms with Crippen LogP contribution in [0.3, 0.4) is 0 Å². The minimum Gasteiger partial charge on any atom is -0.378 e. The maximum Gasteiger partial charge on any atom is 0.235 e. The van der Waals surface area contributed by atoms with Crippen LogP contribution in [0.15, 0.2) is 48.5 Å². The van der Waals surface area contributed by atoms with Crippen molar-refractivity contribution in [3.63, 3.8) is 0 Å². The van der Waals surface area contributed by atoms with Gasteiger partial charge in [-0.25, -0.2) is 4.98 Å². The fourth-order valence-corrected chi connectivity index (χ4v) is 5.79. The van der Waals surface area contributed by atoms with Crippen molar-refractivity contribution in [3.8, 4) is 0 Å². The van der Waals surface area contributed by atoms with Crippen LogP contribution in [-0.4, -0.2) is 61.1 Å². The van der Waals surface area contributed by atoms with Gasteiger partial charge in [-0.15, -0.1) is 0 Å². The predicted octanol–water partition coefficient (Wildman–Crippen LogP) is 3.65. The van der Waals surface area contributed by atoms with Gasteiger partial charge in [0, 0.05) is 38.8 Å². The fraction of sp³-hybridized carbons (Fsp3) is 0.400. The van der Waals surface area contributed by atoms with Gasteiger partial charge in [-0.3, -0.25) is 9.59 Å². The molecule has 2 aromatic carbocycles. The third kappa shape index (κ3) is 4.32. The number of carbonyl (C=O) groups excluding carboxylic acids is 2. The summed E-state index contributed by atoms with van der Waals surface area (Å²) >= 11 is 1.64. The molecule has 2 saturated heterocycles. The van der Waals surface area contributed by atoms with E-state index in [2.05, 4.69) is 10.2 Å². The molecule has 2 amide bonds. The summed E-state index contributed by atoms with van der Waals surface area (Å²) in [7, 11) is 0. The highest BCUT2D eigenvalue weighted by Crippen LogP contribution is 2.38. The number of benzene rings is 2. The molecule has 0 unspecified atom stereocenters. The van der Waals surface area contributed by atoms with Crippen LogP contribution < -0.4 is 10.2 Å². The molecule has 0 radical (unpaired) electrons. The number of amides is 2. The summed E-state index contributed by atoms with van der Waals surface area (Å²) in [5.74, 6) is 0.0398. The summed E-state index contributed by atoms with van der Waals surface area (Å²) in [6.45, 7) is 5.88. The second-order valence-electron chi connectivity index (χ2n) is 8.69. The Morgan fingerprint density at radius 3 is 2.45 bits per heavy atom. The zero-order valence-electron chi connectivity index (χ0n) is 18.8. The molecule has 1 N–H and O–H groups in total. The number of morpholine rings is 1. The van der Waals surface area contributed by atoms with Crippen molar-refractivity contribution in [2.24, 2.45) is 0 Å². The second-order valence-corrected chi connectivity index (χ2v) is 9.70. The Morgan fingerprint density at radius 2 is 1.76 bits per heavy atom. The lowest BCUT2D eigenvalue weighted by Gasteiger charge is -2.40. The summed E-state index contributed by atoms with van der Waals surface area (Å²) in [4.78, 5) is 34.4. The highest BCUT2D eigenvalue weighted by atomic mass is 32.1. The summed E-state index contributed by atoms with van der Waals surface area (Å²) < 4.78 is 6.50. The standard InChI is InChI=1S/C25H28N4O3S/c1-18(30)28-11-9-25(10-12-28,19-5-3-2-4-6-19)23(31)26-20-7-8-21-22(17-20)33-24(27-21)29-13-15-32-16-14-29/h2-8,17H,9-16H2,1H3,(H,26,31). The molecule has 0 saturated carbocycles. The van der Waals surface area contributed by atoms with Gasteiger partial charge in [0.15, 0.2) is 5.13 Å². The topological polar surface area (TPSA) is 74.8 Å². The molecule has 1 aromatic heterocycles. The molecular formula is C25H28N4O3S. The van der Waals surface area contributed by atoms with E-state index in [0.29, 0.717) is 25.9 Å². The molecule has 33 heavy (non-hydrogen) atoms. The smallest absolute Gasteiger partial charge is 0.235 e. The summed E-state index contributed by atoms with van der Waals surface area (Å²) in [6, 6.07) is 15.8. The van der Waals surface area contributed by atoms with Crippen LogP contribution >= 0.6 is 11.3 Å². The first kappa shape index (κ1) is 21.9. The number of nitrogens with zero attached hydrogens (tertiary/aromatic N) is 3. The third-order valence-electron chi connectivity index (χ3n) is 6.74. The highest BCUT2D eigenvalue weighted by Gasteiger charge is 2.43. The molecule has 3 heterocycles. The molecule has 0 aliphatic carbocycles. The number of likely N-dealkylation sites (tertiary alicyclic amines) is 1. The van der Waals surface area contributed by atoms with Crippen molar-refractivity contribution < 1.29 is 14.3 Å². The maximum atomic E-state index is 13.7. The van der Waals surface area contributed by atoms with Gasteiger partial charge >= 0.3 is 0 Å². The number of nitrogens with one attached hydrogen (secondary N) is 1. The van der Waals surface area contributed by atoms with Crippen molar-refractivity contribution >= 4 is 44.2 Å². The van der Waals surface area contributed by atoms with Crippen LogP contribution in [-0.2, 0) is 19.7 Å². The van der Waals surface area contributed by atoms with Crippen molar-refractivity contribution in [2.75, 3.05) is 49.6 Å². The number of hydrogen-bond acceptors (Lipinski definition) is 6. The van der Waals surface area contributed by atoms with E-state index in [-0.39, 0.29) is 11.8 Å². The molecule has 0 atom stereocenters. The van der Waals surface area contributed by atoms with Gasteiger partial charge in [0.2, 0.25) is 11.8 Å². The lowest BCUT2D eigenvalue weighted by atomic mass is 9.72. The molecule has 3 aromatic rings. The Morgan fingerprint density at radius 1 is 1.03 bits per heavy atom. The first-order valence-electron chi connectivity index (χ1n) is 11.4. The van der Waals surface area contributed by atoms with Gasteiger partial charge in [0.1, 0.15) is 0 Å². The number of fused-ring (bicyclic) bond motifs is 1. The van der Waals surface area contributed by atoms with E-state index in [1.165, 1.54) is 0 Å². The van der Waals surface area contributed by atoms with E-state index >= 15 is 0 Å². The van der Waals surface area contributed by atoms with E-state index in [9.17, 15) is 9.59 Å². The molecule has 2 fully saturated rings. The quantitative estimate of drug-likeness (QED) is 0.638. The molecule has 0 bridgehead atoms. The van der Waals surface area contributed by atoms with Gasteiger partial charge in [0.05, 0.1) is 28.8 Å². The van der Waals surface area contributed by atoms with Crippen LogP contribution in [0.5, 0.6) is 0 Å². The fourth-order valence-electron chi connectivity index (χ4n) is 4.74. The molecule has 172 valence electrons. The Hall–Kier alpha value is -2.97. The van der Waals surface area contributed by atoms with Crippen molar-refractivity contribution in [3.05, 3.63) is 54.1 Å². The molecule has 0 spiro atoms. The van der Waals surface area contributed by atoms with E-state index < -0.39 is 5.41 Å². The minimum atomic E-state index is -0.658. The Balaban J connectivity index is 1.39. The zero-order valence-corrected chi connectivity index (χ0v) is 19.6. The Kier molecular flexibility index (Phi) is 6.03. The number of carbonyl (C=O) groups is 2. The monoisotopic (exact) mass is 464 g/mol. The molecule has 8 heteroatoms. The lowest BCUT2D eigenvalue weighted by molar-refractivity contribution is -0.133. The zero-order chi connectivity index (χ0) is 22.8. The predicted molar refractivity (Wildman–Crippen MR) is 131 cm³/mol. The first-order valence-corrected chi connectivity index (χ1v) is 12.2. The van der Waals surface area contributed by atoms with Gasteiger partial charge in [-0.1, -0.05) is 41.7 Å². The molecule has 5 rings (SSSR count). The molecule has 2 aliphatic heterocycles. The molecule has 7 nitrogen and oxygen atoms in total. The van der Waals surface area contributed by atoms with Crippen LogP contribution in [0.1, 0.15) is 25.3 Å². The van der Waals surface area contributed by atoms with Crippen LogP contribution in [0.4, 0.5) is 10.8 Å². The van der Waals surface area contributed by atoms with Crippen LogP contribution in [0.25, 0.3) is 10.2 Å². The van der Waals surface area contributed by atoms with Gasteiger partial charge in [-0.05, 0) is 36.6 Å². The number of hydrogen-bond donors (Lipinski definition) is 1. The van der Waals surface area contributed by atoms with E-state index in [4.69, 9.17) is 9.72 Å². The maximum absolute atomic E-state index is 13.7. The minimum absolute atomic E-state index is 0.0193. The lowest BCUT2D eigenvalue weighted by Crippen LogP contribution is -2.50. The van der Waals surface area contributed by atoms with Gasteiger partial charge in [-0.2, -0.15) is 0 Å². The largest absolute Gasteiger partial charge is 0.378 e. The average molecular weight is 465 g/mol. The number of ether oxygens (including phenoxy) is 1. The number of rotatable bonds is 4. The number of thiazole rings is 1. The number of piperidine rings is 1. The van der Waals surface area contributed by atoms with Crippen molar-refractivity contribution in [1.82, 2.24) is 9.88 Å². The summed E-state index contributed by atoms with van der Waals surface area (Å²) in [5, 5.41) is 4.17. The van der Waals surface area contributed by atoms with E-state index in [1.807, 2.05) is 53.4 Å². The number of aromatic nitrogens is 1. The van der Waals surface area contributed by atoms with E-state index in [1.54, 1.807) is 18.3 Å². The summed E-state index contributed by atoms with van der Waals surface area (Å²) in [5.41, 5.74) is 2.05.